The van der Waals surface area contributed by atoms with Crippen LogP contribution in [0, 0.1) is 0 Å². The first-order valence-corrected chi connectivity index (χ1v) is 8.13. The molecular formula is C16H20ClN3O3. The standard InChI is InChI=1S/C16H20ClN3O3/c17-13-3-1-12(2-4-13)14-9-19(7-8-23-14)11-16(22)20-6-5-18-15(21)10-20/h1-4,14H,5-11H2,(H,18,21). The molecule has 0 bridgehead atoms. The van der Waals surface area contributed by atoms with E-state index in [1.54, 1.807) is 4.90 Å². The smallest absolute Gasteiger partial charge is 0.239 e. The van der Waals surface area contributed by atoms with Gasteiger partial charge in [-0.25, -0.2) is 0 Å². The molecule has 2 fully saturated rings. The normalized spacial score (nSPS) is 22.7. The van der Waals surface area contributed by atoms with Crippen molar-refractivity contribution >= 4 is 23.4 Å². The first-order valence-electron chi connectivity index (χ1n) is 7.76. The summed E-state index contributed by atoms with van der Waals surface area (Å²) in [7, 11) is 0. The van der Waals surface area contributed by atoms with E-state index >= 15 is 0 Å². The Kier molecular flexibility index (Phi) is 5.15. The summed E-state index contributed by atoms with van der Waals surface area (Å²) in [4.78, 5) is 27.4. The van der Waals surface area contributed by atoms with E-state index in [1.807, 2.05) is 24.3 Å². The van der Waals surface area contributed by atoms with Gasteiger partial charge in [0.15, 0.2) is 0 Å². The molecule has 7 heteroatoms. The van der Waals surface area contributed by atoms with Gasteiger partial charge in [0, 0.05) is 31.2 Å². The number of ether oxygens (including phenoxy) is 1. The van der Waals surface area contributed by atoms with Crippen molar-refractivity contribution in [2.45, 2.75) is 6.10 Å². The fourth-order valence-corrected chi connectivity index (χ4v) is 2.99. The van der Waals surface area contributed by atoms with Crippen molar-refractivity contribution in [3.8, 4) is 0 Å². The molecule has 3 rings (SSSR count). The lowest BCUT2D eigenvalue weighted by Gasteiger charge is -2.34. The molecule has 6 nitrogen and oxygen atoms in total. The number of piperazine rings is 1. The van der Waals surface area contributed by atoms with E-state index in [0.717, 1.165) is 12.1 Å². The first-order chi connectivity index (χ1) is 11.1. The quantitative estimate of drug-likeness (QED) is 0.880. The first kappa shape index (κ1) is 16.2. The number of amides is 2. The zero-order valence-corrected chi connectivity index (χ0v) is 13.6. The number of morpholine rings is 1. The molecule has 2 aliphatic rings. The number of rotatable bonds is 3. The van der Waals surface area contributed by atoms with Crippen LogP contribution in [0.5, 0.6) is 0 Å². The van der Waals surface area contributed by atoms with Crippen molar-refractivity contribution in [1.82, 2.24) is 15.1 Å². The van der Waals surface area contributed by atoms with Crippen LogP contribution in [0.2, 0.25) is 5.02 Å². The van der Waals surface area contributed by atoms with Crippen molar-refractivity contribution < 1.29 is 14.3 Å². The van der Waals surface area contributed by atoms with Crippen molar-refractivity contribution in [2.75, 3.05) is 45.9 Å². The Bertz CT molecular complexity index is 578. The number of nitrogens with zero attached hydrogens (tertiary/aromatic N) is 2. The molecule has 1 unspecified atom stereocenters. The summed E-state index contributed by atoms with van der Waals surface area (Å²) < 4.78 is 5.80. The fourth-order valence-electron chi connectivity index (χ4n) is 2.87. The molecule has 0 saturated carbocycles. The van der Waals surface area contributed by atoms with Gasteiger partial charge in [0.2, 0.25) is 11.8 Å². The molecule has 0 radical (unpaired) electrons. The van der Waals surface area contributed by atoms with Crippen molar-refractivity contribution in [1.29, 1.82) is 0 Å². The third-order valence-corrected chi connectivity index (χ3v) is 4.39. The van der Waals surface area contributed by atoms with Gasteiger partial charge in [0.1, 0.15) is 0 Å². The van der Waals surface area contributed by atoms with E-state index < -0.39 is 0 Å². The van der Waals surface area contributed by atoms with Crippen LogP contribution in [0.25, 0.3) is 0 Å². The Morgan fingerprint density at radius 3 is 2.83 bits per heavy atom. The van der Waals surface area contributed by atoms with Crippen LogP contribution in [0.3, 0.4) is 0 Å². The number of hydrogen-bond acceptors (Lipinski definition) is 4. The van der Waals surface area contributed by atoms with E-state index in [1.165, 1.54) is 0 Å². The monoisotopic (exact) mass is 337 g/mol. The molecule has 1 aromatic carbocycles. The van der Waals surface area contributed by atoms with E-state index in [9.17, 15) is 9.59 Å². The van der Waals surface area contributed by atoms with Crippen LogP contribution in [0.15, 0.2) is 24.3 Å². The maximum absolute atomic E-state index is 12.3. The minimum atomic E-state index is -0.0920. The average Bonchev–Trinajstić information content (AvgIpc) is 2.56. The summed E-state index contributed by atoms with van der Waals surface area (Å²) >= 11 is 5.91. The Hall–Kier alpha value is -1.63. The molecule has 23 heavy (non-hydrogen) atoms. The SMILES string of the molecule is O=C1CN(C(=O)CN2CCOC(c3ccc(Cl)cc3)C2)CCN1. The summed E-state index contributed by atoms with van der Waals surface area (Å²) in [5.41, 5.74) is 1.06. The molecule has 1 N–H and O–H groups in total. The number of nitrogens with one attached hydrogen (secondary N) is 1. The van der Waals surface area contributed by atoms with Crippen LogP contribution < -0.4 is 5.32 Å². The lowest BCUT2D eigenvalue weighted by atomic mass is 10.1. The third kappa shape index (κ3) is 4.22. The topological polar surface area (TPSA) is 61.9 Å². The van der Waals surface area contributed by atoms with Crippen LogP contribution >= 0.6 is 11.6 Å². The zero-order chi connectivity index (χ0) is 16.2. The van der Waals surface area contributed by atoms with Gasteiger partial charge in [-0.1, -0.05) is 23.7 Å². The minimum absolute atomic E-state index is 0.00314. The molecule has 0 aromatic heterocycles. The van der Waals surface area contributed by atoms with Gasteiger partial charge in [-0.15, -0.1) is 0 Å². The van der Waals surface area contributed by atoms with Gasteiger partial charge < -0.3 is 15.0 Å². The molecule has 2 saturated heterocycles. The summed E-state index contributed by atoms with van der Waals surface area (Å²) in [6.45, 7) is 3.55. The Balaban J connectivity index is 1.57. The third-order valence-electron chi connectivity index (χ3n) is 4.14. The predicted octanol–water partition coefficient (Wildman–Crippen LogP) is 0.672. The van der Waals surface area contributed by atoms with Gasteiger partial charge in [-0.2, -0.15) is 0 Å². The van der Waals surface area contributed by atoms with Gasteiger partial charge in [0.25, 0.3) is 0 Å². The molecule has 2 amide bonds. The number of halogens is 1. The molecule has 0 spiro atoms. The minimum Gasteiger partial charge on any atom is -0.371 e. The Morgan fingerprint density at radius 2 is 2.09 bits per heavy atom. The average molecular weight is 338 g/mol. The summed E-state index contributed by atoms with van der Waals surface area (Å²) in [6.07, 6.45) is -0.0570. The summed E-state index contributed by atoms with van der Waals surface area (Å²) in [6, 6.07) is 7.59. The van der Waals surface area contributed by atoms with Crippen molar-refractivity contribution in [3.63, 3.8) is 0 Å². The van der Waals surface area contributed by atoms with E-state index in [-0.39, 0.29) is 24.5 Å². The summed E-state index contributed by atoms with van der Waals surface area (Å²) in [5.74, 6) is -0.0952. The largest absolute Gasteiger partial charge is 0.371 e. The highest BCUT2D eigenvalue weighted by Gasteiger charge is 2.27. The lowest BCUT2D eigenvalue weighted by Crippen LogP contribution is -2.53. The van der Waals surface area contributed by atoms with Gasteiger partial charge in [0.05, 0.1) is 25.8 Å². The molecule has 1 aromatic rings. The maximum Gasteiger partial charge on any atom is 0.239 e. The van der Waals surface area contributed by atoms with E-state index in [0.29, 0.717) is 37.8 Å². The molecule has 2 aliphatic heterocycles. The second-order valence-corrected chi connectivity index (χ2v) is 6.25. The second-order valence-electron chi connectivity index (χ2n) is 5.81. The Labute approximate surface area is 140 Å². The molecule has 124 valence electrons. The fraction of sp³-hybridized carbons (Fsp3) is 0.500. The number of carbonyl (C=O) groups excluding carboxylic acids is 2. The number of hydrogen-bond donors (Lipinski definition) is 1. The second kappa shape index (κ2) is 7.29. The van der Waals surface area contributed by atoms with Crippen LogP contribution in [0.1, 0.15) is 11.7 Å². The highest BCUT2D eigenvalue weighted by Crippen LogP contribution is 2.23. The molecule has 1 atom stereocenters. The predicted molar refractivity (Wildman–Crippen MR) is 86.2 cm³/mol. The lowest BCUT2D eigenvalue weighted by molar-refractivity contribution is -0.140. The highest BCUT2D eigenvalue weighted by atomic mass is 35.5. The van der Waals surface area contributed by atoms with Crippen LogP contribution in [-0.2, 0) is 14.3 Å². The molecular weight excluding hydrogens is 318 g/mol. The molecule has 2 heterocycles. The van der Waals surface area contributed by atoms with Gasteiger partial charge >= 0.3 is 0 Å². The maximum atomic E-state index is 12.3. The zero-order valence-electron chi connectivity index (χ0n) is 12.8. The number of carbonyl (C=O) groups is 2. The van der Waals surface area contributed by atoms with Gasteiger partial charge in [-0.05, 0) is 17.7 Å². The van der Waals surface area contributed by atoms with E-state index in [4.69, 9.17) is 16.3 Å². The molecule has 0 aliphatic carbocycles. The van der Waals surface area contributed by atoms with Crippen molar-refractivity contribution in [2.24, 2.45) is 0 Å². The van der Waals surface area contributed by atoms with E-state index in [2.05, 4.69) is 10.2 Å². The van der Waals surface area contributed by atoms with Crippen LogP contribution in [0.4, 0.5) is 0 Å². The van der Waals surface area contributed by atoms with Gasteiger partial charge in [-0.3, -0.25) is 14.5 Å². The van der Waals surface area contributed by atoms with Crippen LogP contribution in [-0.4, -0.2) is 67.5 Å². The Morgan fingerprint density at radius 1 is 1.30 bits per heavy atom. The summed E-state index contributed by atoms with van der Waals surface area (Å²) in [5, 5.41) is 3.42. The van der Waals surface area contributed by atoms with Crippen molar-refractivity contribution in [3.05, 3.63) is 34.9 Å². The highest BCUT2D eigenvalue weighted by molar-refractivity contribution is 6.30. The number of benzene rings is 1.